The molecule has 0 radical (unpaired) electrons. The molecular weight excluding hydrogens is 436 g/mol. The van der Waals surface area contributed by atoms with Gasteiger partial charge in [0.1, 0.15) is 0 Å². The van der Waals surface area contributed by atoms with E-state index in [2.05, 4.69) is 57.2 Å². The quantitative estimate of drug-likeness (QED) is 0.628. The number of hydrogen-bond acceptors (Lipinski definition) is 5. The third-order valence-electron chi connectivity index (χ3n) is 7.67. The summed E-state index contributed by atoms with van der Waals surface area (Å²) < 4.78 is 0. The molecule has 1 saturated heterocycles. The van der Waals surface area contributed by atoms with Crippen LogP contribution >= 0.6 is 0 Å². The van der Waals surface area contributed by atoms with Crippen molar-refractivity contribution in [2.45, 2.75) is 38.4 Å². The molecule has 0 unspecified atom stereocenters. The summed E-state index contributed by atoms with van der Waals surface area (Å²) in [4.78, 5) is 27.0. The fraction of sp³-hybridized carbons (Fsp3) is 0.345. The molecule has 1 N–H and O–H groups in total. The predicted octanol–water partition coefficient (Wildman–Crippen LogP) is 3.09. The van der Waals surface area contributed by atoms with Gasteiger partial charge in [0.25, 0.3) is 0 Å². The predicted molar refractivity (Wildman–Crippen MR) is 136 cm³/mol. The number of fused-ring (bicyclic) bond motifs is 2. The fourth-order valence-corrected chi connectivity index (χ4v) is 5.96. The first-order valence-corrected chi connectivity index (χ1v) is 12.4. The van der Waals surface area contributed by atoms with Crippen molar-refractivity contribution in [2.24, 2.45) is 4.99 Å². The highest BCUT2D eigenvalue weighted by Gasteiger charge is 2.41. The Labute approximate surface area is 205 Å². The Morgan fingerprint density at radius 2 is 1.89 bits per heavy atom. The normalized spacial score (nSPS) is 21.7. The number of rotatable bonds is 5. The van der Waals surface area contributed by atoms with Gasteiger partial charge < -0.3 is 10.0 Å². The van der Waals surface area contributed by atoms with Crippen molar-refractivity contribution in [3.8, 4) is 0 Å². The fourth-order valence-electron chi connectivity index (χ4n) is 5.96. The van der Waals surface area contributed by atoms with Crippen LogP contribution in [0.25, 0.3) is 0 Å². The van der Waals surface area contributed by atoms with E-state index in [0.29, 0.717) is 26.1 Å². The van der Waals surface area contributed by atoms with Gasteiger partial charge in [0.05, 0.1) is 31.3 Å². The number of nitrogens with zero attached hydrogens (tertiary/aromatic N) is 4. The van der Waals surface area contributed by atoms with Crippen molar-refractivity contribution in [3.05, 3.63) is 99.9 Å². The second kappa shape index (κ2) is 9.02. The summed E-state index contributed by atoms with van der Waals surface area (Å²) in [5, 5.41) is 9.55. The number of β-amino-alcohol motifs (C(OH)–C–C–N with tert-alkyl or cyclic N) is 1. The van der Waals surface area contributed by atoms with E-state index in [1.807, 2.05) is 25.3 Å². The molecule has 35 heavy (non-hydrogen) atoms. The number of carbonyl (C=O) groups is 1. The first kappa shape index (κ1) is 22.1. The van der Waals surface area contributed by atoms with Crippen molar-refractivity contribution in [1.29, 1.82) is 0 Å². The van der Waals surface area contributed by atoms with E-state index in [4.69, 9.17) is 4.99 Å². The Morgan fingerprint density at radius 1 is 1.03 bits per heavy atom. The second-order valence-corrected chi connectivity index (χ2v) is 9.89. The first-order valence-electron chi connectivity index (χ1n) is 12.4. The van der Waals surface area contributed by atoms with E-state index >= 15 is 0 Å². The van der Waals surface area contributed by atoms with Crippen LogP contribution in [0.2, 0.25) is 0 Å². The lowest BCUT2D eigenvalue weighted by atomic mass is 9.88. The molecule has 6 rings (SSSR count). The molecule has 6 heteroatoms. The Hall–Kier alpha value is -3.35. The molecule has 178 valence electrons. The minimum absolute atomic E-state index is 0.0915. The van der Waals surface area contributed by atoms with Crippen molar-refractivity contribution in [2.75, 3.05) is 26.2 Å². The standard InChI is InChI=1S/C29H30N4O2/c1-19-11-21(7-8-30-19)29-25-13-24-16-33(28(35)14-22(24)12-23(25)15-31-29)27-18-32(9-10-34)17-26(27)20-5-3-2-4-6-20/h2-8,11-13,26-27,34H,9-10,14-18H2,1H3/t26-,27+/m0/s1. The minimum Gasteiger partial charge on any atom is -0.395 e. The summed E-state index contributed by atoms with van der Waals surface area (Å²) >= 11 is 0. The smallest absolute Gasteiger partial charge is 0.227 e. The zero-order valence-electron chi connectivity index (χ0n) is 20.0. The highest BCUT2D eigenvalue weighted by atomic mass is 16.3. The van der Waals surface area contributed by atoms with E-state index in [9.17, 15) is 9.90 Å². The van der Waals surface area contributed by atoms with Crippen molar-refractivity contribution in [1.82, 2.24) is 14.8 Å². The number of benzene rings is 2. The number of aliphatic imine (C=N–C) groups is 1. The lowest BCUT2D eigenvalue weighted by Crippen LogP contribution is -2.47. The number of likely N-dealkylation sites (tertiary alicyclic amines) is 1. The maximum Gasteiger partial charge on any atom is 0.227 e. The van der Waals surface area contributed by atoms with E-state index < -0.39 is 0 Å². The number of aryl methyl sites for hydroxylation is 1. The third kappa shape index (κ3) is 4.07. The van der Waals surface area contributed by atoms with Crippen molar-refractivity contribution in [3.63, 3.8) is 0 Å². The van der Waals surface area contributed by atoms with Crippen molar-refractivity contribution < 1.29 is 9.90 Å². The molecule has 2 atom stereocenters. The van der Waals surface area contributed by atoms with Gasteiger partial charge in [0.15, 0.2) is 0 Å². The van der Waals surface area contributed by atoms with Crippen LogP contribution in [0.3, 0.4) is 0 Å². The summed E-state index contributed by atoms with van der Waals surface area (Å²) in [7, 11) is 0. The SMILES string of the molecule is Cc1cc(C2=NCc3cc4c(cc32)CN([C@@H]2CN(CCO)C[C@H]2c2ccccc2)C(=O)C4)ccn1. The van der Waals surface area contributed by atoms with Gasteiger partial charge in [-0.3, -0.25) is 19.7 Å². The lowest BCUT2D eigenvalue weighted by molar-refractivity contribution is -0.134. The summed E-state index contributed by atoms with van der Waals surface area (Å²) in [5.74, 6) is 0.428. The van der Waals surface area contributed by atoms with Gasteiger partial charge in [-0.2, -0.15) is 0 Å². The van der Waals surface area contributed by atoms with Gasteiger partial charge in [-0.05, 0) is 47.4 Å². The summed E-state index contributed by atoms with van der Waals surface area (Å²) in [5.41, 5.74) is 9.09. The third-order valence-corrected chi connectivity index (χ3v) is 7.67. The van der Waals surface area contributed by atoms with Gasteiger partial charge in [-0.25, -0.2) is 0 Å². The lowest BCUT2D eigenvalue weighted by Gasteiger charge is -2.37. The Bertz CT molecular complexity index is 1300. The minimum atomic E-state index is 0.0915. The van der Waals surface area contributed by atoms with Gasteiger partial charge in [-0.15, -0.1) is 0 Å². The number of amides is 1. The molecule has 0 aliphatic carbocycles. The first-order chi connectivity index (χ1) is 17.1. The summed E-state index contributed by atoms with van der Waals surface area (Å²) in [6, 6.07) is 19.2. The average Bonchev–Trinajstić information content (AvgIpc) is 3.47. The van der Waals surface area contributed by atoms with Gasteiger partial charge in [0.2, 0.25) is 5.91 Å². The molecule has 4 heterocycles. The van der Waals surface area contributed by atoms with Crippen LogP contribution in [0.1, 0.15) is 45.0 Å². The molecule has 0 spiro atoms. The van der Waals surface area contributed by atoms with Crippen LogP contribution in [0.4, 0.5) is 0 Å². The molecule has 1 aromatic heterocycles. The highest BCUT2D eigenvalue weighted by Crippen LogP contribution is 2.36. The van der Waals surface area contributed by atoms with Crippen molar-refractivity contribution >= 4 is 11.6 Å². The average molecular weight is 467 g/mol. The maximum absolute atomic E-state index is 13.4. The summed E-state index contributed by atoms with van der Waals surface area (Å²) in [6.07, 6.45) is 2.27. The van der Waals surface area contributed by atoms with Crippen LogP contribution in [-0.2, 0) is 24.3 Å². The molecule has 6 nitrogen and oxygen atoms in total. The number of carbonyl (C=O) groups excluding carboxylic acids is 1. The Morgan fingerprint density at radius 3 is 2.69 bits per heavy atom. The number of pyridine rings is 1. The van der Waals surface area contributed by atoms with E-state index in [1.165, 1.54) is 22.3 Å². The maximum atomic E-state index is 13.4. The zero-order valence-corrected chi connectivity index (χ0v) is 20.0. The van der Waals surface area contributed by atoms with Gasteiger partial charge in [-0.1, -0.05) is 36.4 Å². The molecular formula is C29H30N4O2. The summed E-state index contributed by atoms with van der Waals surface area (Å²) in [6.45, 7) is 5.69. The number of aliphatic hydroxyl groups is 1. The molecule has 3 aliphatic rings. The highest BCUT2D eigenvalue weighted by molar-refractivity contribution is 6.15. The topological polar surface area (TPSA) is 69.0 Å². The van der Waals surface area contributed by atoms with E-state index in [0.717, 1.165) is 35.6 Å². The van der Waals surface area contributed by atoms with Crippen LogP contribution < -0.4 is 0 Å². The largest absolute Gasteiger partial charge is 0.395 e. The van der Waals surface area contributed by atoms with E-state index in [1.54, 1.807) is 0 Å². The monoisotopic (exact) mass is 466 g/mol. The molecule has 3 aromatic rings. The molecule has 1 fully saturated rings. The van der Waals surface area contributed by atoms with Crippen LogP contribution in [0, 0.1) is 6.92 Å². The zero-order chi connectivity index (χ0) is 23.9. The van der Waals surface area contributed by atoms with Crippen LogP contribution in [-0.4, -0.2) is 63.8 Å². The molecule has 2 aromatic carbocycles. The van der Waals surface area contributed by atoms with Crippen LogP contribution in [0.15, 0.2) is 65.8 Å². The number of hydrogen-bond donors (Lipinski definition) is 1. The van der Waals surface area contributed by atoms with Gasteiger partial charge in [0, 0.05) is 55.1 Å². The second-order valence-electron chi connectivity index (χ2n) is 9.89. The Balaban J connectivity index is 1.32. The number of aliphatic hydroxyl groups excluding tert-OH is 1. The van der Waals surface area contributed by atoms with E-state index in [-0.39, 0.29) is 24.5 Å². The van der Waals surface area contributed by atoms with Crippen LogP contribution in [0.5, 0.6) is 0 Å². The molecule has 0 bridgehead atoms. The molecule has 3 aliphatic heterocycles. The molecule has 0 saturated carbocycles. The molecule has 1 amide bonds. The number of aromatic nitrogens is 1. The van der Waals surface area contributed by atoms with Gasteiger partial charge >= 0.3 is 0 Å². The Kier molecular flexibility index (Phi) is 5.71.